The lowest BCUT2D eigenvalue weighted by Crippen LogP contribution is -2.44. The minimum atomic E-state index is -3.10. The maximum Gasteiger partial charge on any atom is 0.211 e. The van der Waals surface area contributed by atoms with E-state index in [0.29, 0.717) is 18.9 Å². The standard InChI is InChI=1S/C15H24N6O2S/c1-11-17-14-5-4-12(10-16-20(14)2)15(18-11)19-13-6-8-21(9-7-13)24(3,22)23/h10,13,19H,4-9H2,1-3H3. The Bertz CT molecular complexity index is 729. The van der Waals surface area contributed by atoms with Crippen LogP contribution in [0.15, 0.2) is 26.5 Å². The summed E-state index contributed by atoms with van der Waals surface area (Å²) in [7, 11) is -1.21. The van der Waals surface area contributed by atoms with Crippen molar-refractivity contribution in [2.45, 2.75) is 38.6 Å². The first kappa shape index (κ1) is 17.1. The molecular formula is C15H24N6O2S. The summed E-state index contributed by atoms with van der Waals surface area (Å²) in [6.07, 6.45) is 6.32. The fourth-order valence-electron chi connectivity index (χ4n) is 3.10. The molecule has 3 heterocycles. The van der Waals surface area contributed by atoms with Crippen molar-refractivity contribution < 1.29 is 8.42 Å². The van der Waals surface area contributed by atoms with Gasteiger partial charge < -0.3 is 5.32 Å². The number of nitrogens with one attached hydrogen (secondary N) is 1. The van der Waals surface area contributed by atoms with Gasteiger partial charge in [0.1, 0.15) is 17.5 Å². The highest BCUT2D eigenvalue weighted by Gasteiger charge is 2.26. The van der Waals surface area contributed by atoms with E-state index in [2.05, 4.69) is 20.4 Å². The molecule has 0 aromatic carbocycles. The second kappa shape index (κ2) is 6.64. The molecule has 0 saturated carbocycles. The summed E-state index contributed by atoms with van der Waals surface area (Å²) in [6, 6.07) is 0.208. The molecule has 8 nitrogen and oxygen atoms in total. The summed E-state index contributed by atoms with van der Waals surface area (Å²) in [6.45, 7) is 2.97. The molecule has 0 spiro atoms. The minimum absolute atomic E-state index is 0.208. The van der Waals surface area contributed by atoms with Crippen LogP contribution in [-0.2, 0) is 10.0 Å². The predicted octanol–water partition coefficient (Wildman–Crippen LogP) is 0.754. The van der Waals surface area contributed by atoms with E-state index in [4.69, 9.17) is 0 Å². The molecule has 0 atom stereocenters. The lowest BCUT2D eigenvalue weighted by molar-refractivity contribution is 0.300. The first-order chi connectivity index (χ1) is 11.3. The molecule has 0 aromatic rings. The Balaban J connectivity index is 1.76. The molecule has 0 aromatic heterocycles. The van der Waals surface area contributed by atoms with Crippen molar-refractivity contribution in [1.82, 2.24) is 14.6 Å². The molecule has 9 heteroatoms. The topological polar surface area (TPSA) is 89.7 Å². The average molecular weight is 352 g/mol. The molecule has 0 aliphatic carbocycles. The second-order valence-corrected chi connectivity index (χ2v) is 8.39. The fraction of sp³-hybridized carbons (Fsp3) is 0.667. The minimum Gasteiger partial charge on any atom is -0.367 e. The van der Waals surface area contributed by atoms with E-state index in [9.17, 15) is 8.42 Å². The van der Waals surface area contributed by atoms with Gasteiger partial charge in [-0.1, -0.05) is 0 Å². The molecule has 3 rings (SSSR count). The molecule has 2 bridgehead atoms. The lowest BCUT2D eigenvalue weighted by Gasteiger charge is -2.31. The first-order valence-corrected chi connectivity index (χ1v) is 10.0. The molecule has 24 heavy (non-hydrogen) atoms. The molecule has 1 N–H and O–H groups in total. The van der Waals surface area contributed by atoms with Crippen molar-refractivity contribution in [2.75, 3.05) is 26.4 Å². The van der Waals surface area contributed by atoms with Crippen LogP contribution in [-0.4, -0.2) is 68.1 Å². The van der Waals surface area contributed by atoms with Crippen LogP contribution in [0.4, 0.5) is 0 Å². The van der Waals surface area contributed by atoms with Gasteiger partial charge in [-0.3, -0.25) is 5.01 Å². The monoisotopic (exact) mass is 352 g/mol. The maximum absolute atomic E-state index is 11.6. The summed E-state index contributed by atoms with van der Waals surface area (Å²) in [5.41, 5.74) is 1.07. The summed E-state index contributed by atoms with van der Waals surface area (Å²) >= 11 is 0. The van der Waals surface area contributed by atoms with Crippen molar-refractivity contribution >= 4 is 27.9 Å². The number of hydrazone groups is 1. The van der Waals surface area contributed by atoms with Gasteiger partial charge in [0.2, 0.25) is 10.0 Å². The molecule has 1 fully saturated rings. The number of rotatable bonds is 3. The first-order valence-electron chi connectivity index (χ1n) is 8.18. The Morgan fingerprint density at radius 3 is 2.58 bits per heavy atom. The molecule has 1 saturated heterocycles. The Labute approximate surface area is 143 Å². The summed E-state index contributed by atoms with van der Waals surface area (Å²) in [4.78, 5) is 9.16. The highest BCUT2D eigenvalue weighted by atomic mass is 32.2. The van der Waals surface area contributed by atoms with Gasteiger partial charge >= 0.3 is 0 Å². The van der Waals surface area contributed by atoms with Gasteiger partial charge in [-0.15, -0.1) is 0 Å². The van der Waals surface area contributed by atoms with Gasteiger partial charge in [-0.25, -0.2) is 22.7 Å². The van der Waals surface area contributed by atoms with E-state index < -0.39 is 10.0 Å². The SMILES string of the molecule is CC1=NC(NC2CCN(S(C)(=O)=O)CC2)=C2C=NN(C)C(=N1)CC2. The van der Waals surface area contributed by atoms with Crippen molar-refractivity contribution in [3.8, 4) is 0 Å². The molecule has 0 radical (unpaired) electrons. The number of fused-ring (bicyclic) bond motifs is 3. The summed E-state index contributed by atoms with van der Waals surface area (Å²) in [5.74, 6) is 2.44. The van der Waals surface area contributed by atoms with Crippen LogP contribution in [0.25, 0.3) is 0 Å². The second-order valence-electron chi connectivity index (χ2n) is 6.41. The van der Waals surface area contributed by atoms with Crippen LogP contribution in [0.2, 0.25) is 0 Å². The van der Waals surface area contributed by atoms with Gasteiger partial charge in [0.05, 0.1) is 12.5 Å². The number of sulfonamides is 1. The van der Waals surface area contributed by atoms with E-state index in [1.54, 1.807) is 5.01 Å². The van der Waals surface area contributed by atoms with Crippen LogP contribution < -0.4 is 5.32 Å². The summed E-state index contributed by atoms with van der Waals surface area (Å²) in [5, 5.41) is 9.69. The molecule has 132 valence electrons. The van der Waals surface area contributed by atoms with Gasteiger partial charge in [-0.05, 0) is 26.2 Å². The Morgan fingerprint density at radius 1 is 1.21 bits per heavy atom. The quantitative estimate of drug-likeness (QED) is 0.812. The van der Waals surface area contributed by atoms with E-state index in [1.165, 1.54) is 10.6 Å². The Morgan fingerprint density at radius 2 is 1.92 bits per heavy atom. The van der Waals surface area contributed by atoms with Crippen LogP contribution in [0.3, 0.4) is 0 Å². The summed E-state index contributed by atoms with van der Waals surface area (Å²) < 4.78 is 24.8. The zero-order valence-electron chi connectivity index (χ0n) is 14.4. The number of amidine groups is 2. The number of aliphatic imine (C=N–C) groups is 2. The van der Waals surface area contributed by atoms with Gasteiger partial charge in [0, 0.05) is 38.2 Å². The van der Waals surface area contributed by atoms with Crippen LogP contribution >= 0.6 is 0 Å². The number of allylic oxidation sites excluding steroid dienone is 1. The highest BCUT2D eigenvalue weighted by molar-refractivity contribution is 7.88. The zero-order chi connectivity index (χ0) is 17.3. The normalized spacial score (nSPS) is 23.5. The van der Waals surface area contributed by atoms with Crippen LogP contribution in [0.5, 0.6) is 0 Å². The largest absolute Gasteiger partial charge is 0.367 e. The third-order valence-corrected chi connectivity index (χ3v) is 5.81. The van der Waals surface area contributed by atoms with Crippen LogP contribution in [0, 0.1) is 0 Å². The zero-order valence-corrected chi connectivity index (χ0v) is 15.2. The van der Waals surface area contributed by atoms with E-state index in [0.717, 1.165) is 42.9 Å². The smallest absolute Gasteiger partial charge is 0.211 e. The van der Waals surface area contributed by atoms with Gasteiger partial charge in [-0.2, -0.15) is 5.10 Å². The number of piperidine rings is 1. The molecule has 3 aliphatic heterocycles. The predicted molar refractivity (Wildman–Crippen MR) is 95.6 cm³/mol. The van der Waals surface area contributed by atoms with Gasteiger partial charge in [0.25, 0.3) is 0 Å². The van der Waals surface area contributed by atoms with E-state index in [1.807, 2.05) is 20.2 Å². The third kappa shape index (κ3) is 3.84. The van der Waals surface area contributed by atoms with Crippen molar-refractivity contribution in [1.29, 1.82) is 0 Å². The van der Waals surface area contributed by atoms with Crippen LogP contribution in [0.1, 0.15) is 32.6 Å². The molecular weight excluding hydrogens is 328 g/mol. The molecule has 0 amide bonds. The van der Waals surface area contributed by atoms with E-state index >= 15 is 0 Å². The molecule has 0 unspecified atom stereocenters. The maximum atomic E-state index is 11.6. The van der Waals surface area contributed by atoms with Crippen molar-refractivity contribution in [2.24, 2.45) is 15.1 Å². The van der Waals surface area contributed by atoms with Crippen molar-refractivity contribution in [3.05, 3.63) is 11.4 Å². The number of hydrogen-bond donors (Lipinski definition) is 1. The number of nitrogens with zero attached hydrogens (tertiary/aromatic N) is 5. The Kier molecular flexibility index (Phi) is 4.73. The Hall–Kier alpha value is -1.74. The average Bonchev–Trinajstić information content (AvgIpc) is 2.65. The van der Waals surface area contributed by atoms with Crippen molar-refractivity contribution in [3.63, 3.8) is 0 Å². The highest BCUT2D eigenvalue weighted by Crippen LogP contribution is 2.20. The molecule has 3 aliphatic rings. The fourth-order valence-corrected chi connectivity index (χ4v) is 3.97. The number of hydrogen-bond acceptors (Lipinski definition) is 7. The lowest BCUT2D eigenvalue weighted by atomic mass is 10.1. The van der Waals surface area contributed by atoms with E-state index in [-0.39, 0.29) is 6.04 Å². The third-order valence-electron chi connectivity index (χ3n) is 4.51. The van der Waals surface area contributed by atoms with Gasteiger partial charge in [0.15, 0.2) is 0 Å².